The van der Waals surface area contributed by atoms with Crippen LogP contribution in [0.3, 0.4) is 0 Å². The van der Waals surface area contributed by atoms with Gasteiger partial charge in [0, 0.05) is 38.1 Å². The zero-order chi connectivity index (χ0) is 15.5. The number of aromatic carboxylic acids is 1. The van der Waals surface area contributed by atoms with Gasteiger partial charge in [-0.3, -0.25) is 4.98 Å². The number of carbonyl (C=O) groups is 1. The molecule has 0 unspecified atom stereocenters. The fraction of sp³-hybridized carbons (Fsp3) is 0.231. The summed E-state index contributed by atoms with van der Waals surface area (Å²) in [6.45, 7) is 0.257. The van der Waals surface area contributed by atoms with Crippen LogP contribution >= 0.6 is 0 Å². The van der Waals surface area contributed by atoms with Gasteiger partial charge in [-0.05, 0) is 18.2 Å². The van der Waals surface area contributed by atoms with Gasteiger partial charge in [-0.2, -0.15) is 0 Å². The molecule has 0 aliphatic rings. The maximum atomic E-state index is 12.3. The highest BCUT2D eigenvalue weighted by Gasteiger charge is 2.23. The van der Waals surface area contributed by atoms with Crippen LogP contribution in [0, 0.1) is 0 Å². The molecule has 0 saturated heterocycles. The van der Waals surface area contributed by atoms with Gasteiger partial charge >= 0.3 is 5.97 Å². The Labute approximate surface area is 122 Å². The number of sulfonamides is 1. The molecule has 21 heavy (non-hydrogen) atoms. The lowest BCUT2D eigenvalue weighted by Crippen LogP contribution is -2.29. The van der Waals surface area contributed by atoms with Crippen molar-refractivity contribution in [2.75, 3.05) is 13.6 Å². The van der Waals surface area contributed by atoms with E-state index in [-0.39, 0.29) is 17.1 Å². The van der Waals surface area contributed by atoms with E-state index in [9.17, 15) is 13.2 Å². The van der Waals surface area contributed by atoms with Crippen molar-refractivity contribution >= 4 is 16.0 Å². The number of likely N-dealkylation sites (N-methyl/N-ethyl adjacent to an activating group) is 1. The van der Waals surface area contributed by atoms with Gasteiger partial charge in [0.1, 0.15) is 10.6 Å². The molecular formula is C13H15N3O4S. The molecule has 0 aromatic carbocycles. The lowest BCUT2D eigenvalue weighted by molar-refractivity contribution is 0.0691. The fourth-order valence-corrected chi connectivity index (χ4v) is 2.93. The zero-order valence-corrected chi connectivity index (χ0v) is 12.2. The van der Waals surface area contributed by atoms with Crippen LogP contribution in [-0.2, 0) is 16.4 Å². The number of carboxylic acids is 1. The van der Waals surface area contributed by atoms with E-state index in [0.29, 0.717) is 6.42 Å². The predicted octanol–water partition coefficient (Wildman–Crippen LogP) is 0.971. The Hall–Kier alpha value is -2.19. The van der Waals surface area contributed by atoms with Crippen molar-refractivity contribution in [2.45, 2.75) is 11.3 Å². The molecule has 0 bridgehead atoms. The SMILES string of the molecule is CN(CCc1ccccn1)S(=O)(=O)c1c[nH]c(C(=O)O)c1. The van der Waals surface area contributed by atoms with Crippen molar-refractivity contribution in [3.63, 3.8) is 0 Å². The van der Waals surface area contributed by atoms with Crippen LogP contribution in [0.2, 0.25) is 0 Å². The molecule has 0 amide bonds. The maximum absolute atomic E-state index is 12.3. The molecular weight excluding hydrogens is 294 g/mol. The summed E-state index contributed by atoms with van der Waals surface area (Å²) >= 11 is 0. The maximum Gasteiger partial charge on any atom is 0.352 e. The van der Waals surface area contributed by atoms with Crippen LogP contribution in [0.1, 0.15) is 16.2 Å². The van der Waals surface area contributed by atoms with E-state index in [4.69, 9.17) is 5.11 Å². The Bertz CT molecular complexity index is 725. The highest BCUT2D eigenvalue weighted by Crippen LogP contribution is 2.16. The average Bonchev–Trinajstić information content (AvgIpc) is 2.96. The van der Waals surface area contributed by atoms with E-state index in [1.807, 2.05) is 12.1 Å². The van der Waals surface area contributed by atoms with E-state index in [1.165, 1.54) is 17.5 Å². The number of pyridine rings is 1. The van der Waals surface area contributed by atoms with Crippen LogP contribution < -0.4 is 0 Å². The number of aromatic nitrogens is 2. The van der Waals surface area contributed by atoms with Crippen LogP contribution in [-0.4, -0.2) is 47.4 Å². The van der Waals surface area contributed by atoms with Crippen LogP contribution in [0.4, 0.5) is 0 Å². The summed E-state index contributed by atoms with van der Waals surface area (Å²) in [6, 6.07) is 6.55. The number of nitrogens with zero attached hydrogens (tertiary/aromatic N) is 2. The van der Waals surface area contributed by atoms with Gasteiger partial charge in [0.05, 0.1) is 0 Å². The minimum absolute atomic E-state index is 0.0663. The van der Waals surface area contributed by atoms with E-state index < -0.39 is 16.0 Å². The van der Waals surface area contributed by atoms with E-state index in [0.717, 1.165) is 11.8 Å². The normalized spacial score (nSPS) is 11.7. The largest absolute Gasteiger partial charge is 0.477 e. The molecule has 0 fully saturated rings. The van der Waals surface area contributed by atoms with E-state index >= 15 is 0 Å². The highest BCUT2D eigenvalue weighted by atomic mass is 32.2. The van der Waals surface area contributed by atoms with Gasteiger partial charge in [0.25, 0.3) is 0 Å². The summed E-state index contributed by atoms with van der Waals surface area (Å²) in [5.41, 5.74) is 0.631. The highest BCUT2D eigenvalue weighted by molar-refractivity contribution is 7.89. The first kappa shape index (κ1) is 15.2. The number of rotatable bonds is 6. The molecule has 0 radical (unpaired) electrons. The first-order chi connectivity index (χ1) is 9.91. The third-order valence-electron chi connectivity index (χ3n) is 3.00. The second-order valence-corrected chi connectivity index (χ2v) is 6.50. The quantitative estimate of drug-likeness (QED) is 0.827. The molecule has 0 spiro atoms. The third kappa shape index (κ3) is 3.47. The molecule has 0 atom stereocenters. The molecule has 2 N–H and O–H groups in total. The van der Waals surface area contributed by atoms with Crippen LogP contribution in [0.25, 0.3) is 0 Å². The summed E-state index contributed by atoms with van der Waals surface area (Å²) in [4.78, 5) is 17.3. The molecule has 112 valence electrons. The number of carboxylic acid groups (broad SMARTS) is 1. The Morgan fingerprint density at radius 2 is 2.19 bits per heavy atom. The number of hydrogen-bond donors (Lipinski definition) is 2. The molecule has 7 nitrogen and oxygen atoms in total. The second-order valence-electron chi connectivity index (χ2n) is 4.45. The van der Waals surface area contributed by atoms with Crippen molar-refractivity contribution in [1.29, 1.82) is 0 Å². The first-order valence-corrected chi connectivity index (χ1v) is 7.63. The average molecular weight is 309 g/mol. The molecule has 2 heterocycles. The van der Waals surface area contributed by atoms with Crippen LogP contribution in [0.5, 0.6) is 0 Å². The summed E-state index contributed by atoms with van der Waals surface area (Å²) < 4.78 is 25.7. The van der Waals surface area contributed by atoms with Gasteiger partial charge in [0.15, 0.2) is 0 Å². The summed E-state index contributed by atoms with van der Waals surface area (Å²) in [6.07, 6.45) is 3.30. The molecule has 8 heteroatoms. The summed E-state index contributed by atoms with van der Waals surface area (Å²) in [7, 11) is -2.26. The van der Waals surface area contributed by atoms with Crippen molar-refractivity contribution in [1.82, 2.24) is 14.3 Å². The number of H-pyrrole nitrogens is 1. The van der Waals surface area contributed by atoms with Gasteiger partial charge < -0.3 is 10.1 Å². The number of aromatic amines is 1. The van der Waals surface area contributed by atoms with Crippen molar-refractivity contribution < 1.29 is 18.3 Å². The second kappa shape index (κ2) is 6.06. The number of nitrogens with one attached hydrogen (secondary N) is 1. The van der Waals surface area contributed by atoms with Crippen molar-refractivity contribution in [2.24, 2.45) is 0 Å². The molecule has 0 aliphatic heterocycles. The van der Waals surface area contributed by atoms with Crippen molar-refractivity contribution in [3.8, 4) is 0 Å². The predicted molar refractivity (Wildman–Crippen MR) is 75.5 cm³/mol. The van der Waals surface area contributed by atoms with Gasteiger partial charge in [0.2, 0.25) is 10.0 Å². The Morgan fingerprint density at radius 3 is 2.76 bits per heavy atom. The lowest BCUT2D eigenvalue weighted by atomic mass is 10.3. The smallest absolute Gasteiger partial charge is 0.352 e. The molecule has 2 aromatic heterocycles. The summed E-state index contributed by atoms with van der Waals surface area (Å²) in [5, 5.41) is 8.81. The topological polar surface area (TPSA) is 103 Å². The van der Waals surface area contributed by atoms with Crippen molar-refractivity contribution in [3.05, 3.63) is 48.0 Å². The standard InChI is InChI=1S/C13H15N3O4S/c1-16(7-5-10-4-2-3-6-14-10)21(19,20)11-8-12(13(17)18)15-9-11/h2-4,6,8-9,15H,5,7H2,1H3,(H,17,18). The van der Waals surface area contributed by atoms with Gasteiger partial charge in [-0.1, -0.05) is 6.07 Å². The minimum atomic E-state index is -3.71. The molecule has 0 saturated carbocycles. The molecule has 2 aromatic rings. The zero-order valence-electron chi connectivity index (χ0n) is 11.4. The Balaban J connectivity index is 2.09. The Morgan fingerprint density at radius 1 is 1.43 bits per heavy atom. The monoisotopic (exact) mass is 309 g/mol. The molecule has 0 aliphatic carbocycles. The summed E-state index contributed by atoms with van der Waals surface area (Å²) in [5.74, 6) is -1.20. The number of hydrogen-bond acceptors (Lipinski definition) is 4. The first-order valence-electron chi connectivity index (χ1n) is 6.19. The lowest BCUT2D eigenvalue weighted by Gasteiger charge is -2.15. The fourth-order valence-electron chi connectivity index (χ4n) is 1.77. The molecule has 2 rings (SSSR count). The Kier molecular flexibility index (Phi) is 4.39. The van der Waals surface area contributed by atoms with Crippen LogP contribution in [0.15, 0.2) is 41.6 Å². The van der Waals surface area contributed by atoms with E-state index in [2.05, 4.69) is 9.97 Å². The third-order valence-corrected chi connectivity index (χ3v) is 4.84. The van der Waals surface area contributed by atoms with E-state index in [1.54, 1.807) is 12.3 Å². The minimum Gasteiger partial charge on any atom is -0.477 e. The van der Waals surface area contributed by atoms with Gasteiger partial charge in [-0.15, -0.1) is 0 Å². The van der Waals surface area contributed by atoms with Gasteiger partial charge in [-0.25, -0.2) is 17.5 Å².